The van der Waals surface area contributed by atoms with Gasteiger partial charge < -0.3 is 15.0 Å². The molecule has 43 heavy (non-hydrogen) atoms. The minimum atomic E-state index is -0.613. The van der Waals surface area contributed by atoms with Gasteiger partial charge in [0, 0.05) is 24.8 Å². The molecule has 9 heteroatoms. The topological polar surface area (TPSA) is 106 Å². The lowest BCUT2D eigenvalue weighted by atomic mass is 9.98. The molecule has 2 aromatic heterocycles. The number of aromatic nitrogens is 3. The molecule has 4 aromatic rings. The molecule has 0 saturated carbocycles. The average Bonchev–Trinajstić information content (AvgIpc) is 2.96. The standard InChI is InChI=1S/C34H41N5O4/c1-23(2)28(30-37-29-27(14-10-19-35-29)32(41)39(30)22-25-12-8-7-9-13-25)38(31(40)26-17-15-24(3)16-18-26)21-11-20-36-33(42)43-34(4,5)6/h7-10,12-19,23,28H,11,20-22H2,1-6H3,(H,36,42). The normalized spacial score (nSPS) is 12.3. The Labute approximate surface area is 252 Å². The van der Waals surface area contributed by atoms with Crippen molar-refractivity contribution in [1.29, 1.82) is 0 Å². The Morgan fingerprint density at radius 2 is 1.70 bits per heavy atom. The Morgan fingerprint density at radius 3 is 2.35 bits per heavy atom. The van der Waals surface area contributed by atoms with Crippen molar-refractivity contribution in [1.82, 2.24) is 24.8 Å². The number of hydrogen-bond donors (Lipinski definition) is 1. The smallest absolute Gasteiger partial charge is 0.407 e. The Bertz CT molecular complexity index is 1610. The van der Waals surface area contributed by atoms with E-state index in [0.29, 0.717) is 48.5 Å². The minimum absolute atomic E-state index is 0.108. The number of pyridine rings is 1. The maximum Gasteiger partial charge on any atom is 0.407 e. The van der Waals surface area contributed by atoms with Gasteiger partial charge in [-0.2, -0.15) is 0 Å². The molecule has 0 aliphatic heterocycles. The van der Waals surface area contributed by atoms with Crippen molar-refractivity contribution in [2.75, 3.05) is 13.1 Å². The third-order valence-corrected chi connectivity index (χ3v) is 6.98. The highest BCUT2D eigenvalue weighted by Crippen LogP contribution is 2.30. The van der Waals surface area contributed by atoms with E-state index in [0.717, 1.165) is 11.1 Å². The van der Waals surface area contributed by atoms with E-state index >= 15 is 0 Å². The van der Waals surface area contributed by atoms with Crippen LogP contribution in [0.25, 0.3) is 11.0 Å². The fourth-order valence-corrected chi connectivity index (χ4v) is 5.00. The molecule has 0 saturated heterocycles. The zero-order chi connectivity index (χ0) is 31.1. The first kappa shape index (κ1) is 31.4. The van der Waals surface area contributed by atoms with E-state index in [1.165, 1.54) is 0 Å². The molecule has 226 valence electrons. The summed E-state index contributed by atoms with van der Waals surface area (Å²) in [6.07, 6.45) is 1.57. The number of rotatable bonds is 10. The predicted octanol–water partition coefficient (Wildman–Crippen LogP) is 5.90. The lowest BCUT2D eigenvalue weighted by Crippen LogP contribution is -2.43. The van der Waals surface area contributed by atoms with Gasteiger partial charge in [0.25, 0.3) is 11.5 Å². The summed E-state index contributed by atoms with van der Waals surface area (Å²) in [6.45, 7) is 12.3. The third-order valence-electron chi connectivity index (χ3n) is 6.98. The molecule has 0 aliphatic carbocycles. The summed E-state index contributed by atoms with van der Waals surface area (Å²) in [5, 5.41) is 3.21. The molecule has 1 atom stereocenters. The van der Waals surface area contributed by atoms with E-state index in [2.05, 4.69) is 10.3 Å². The molecule has 2 amide bonds. The number of alkyl carbamates (subject to hydrolysis) is 1. The first-order valence-corrected chi connectivity index (χ1v) is 14.7. The molecule has 0 bridgehead atoms. The molecule has 0 aliphatic rings. The van der Waals surface area contributed by atoms with Crippen molar-refractivity contribution in [2.24, 2.45) is 5.92 Å². The van der Waals surface area contributed by atoms with Crippen LogP contribution in [0.1, 0.15) is 74.4 Å². The highest BCUT2D eigenvalue weighted by Gasteiger charge is 2.33. The summed E-state index contributed by atoms with van der Waals surface area (Å²) in [5.41, 5.74) is 2.04. The van der Waals surface area contributed by atoms with Gasteiger partial charge in [-0.15, -0.1) is 0 Å². The summed E-state index contributed by atoms with van der Waals surface area (Å²) in [6, 6.07) is 20.1. The van der Waals surface area contributed by atoms with Crippen LogP contribution in [-0.2, 0) is 11.3 Å². The molecule has 0 fully saturated rings. The van der Waals surface area contributed by atoms with Crippen molar-refractivity contribution < 1.29 is 14.3 Å². The first-order chi connectivity index (χ1) is 20.4. The van der Waals surface area contributed by atoms with Gasteiger partial charge in [0.05, 0.1) is 18.0 Å². The fraction of sp³-hybridized carbons (Fsp3) is 0.382. The van der Waals surface area contributed by atoms with Crippen molar-refractivity contribution in [3.8, 4) is 0 Å². The summed E-state index contributed by atoms with van der Waals surface area (Å²) >= 11 is 0. The van der Waals surface area contributed by atoms with Crippen LogP contribution in [0.5, 0.6) is 0 Å². The Hall–Kier alpha value is -4.53. The van der Waals surface area contributed by atoms with Crippen LogP contribution >= 0.6 is 0 Å². The molecule has 4 rings (SSSR count). The van der Waals surface area contributed by atoms with Crippen molar-refractivity contribution in [3.05, 3.63) is 106 Å². The second-order valence-corrected chi connectivity index (χ2v) is 12.1. The SMILES string of the molecule is Cc1ccc(C(=O)N(CCCNC(=O)OC(C)(C)C)C(c2nc3ncccc3c(=O)n2Cc2ccccc2)C(C)C)cc1. The molecule has 1 unspecified atom stereocenters. The molecule has 1 N–H and O–H groups in total. The maximum atomic E-state index is 14.2. The number of benzene rings is 2. The number of fused-ring (bicyclic) bond motifs is 1. The number of nitrogens with zero attached hydrogens (tertiary/aromatic N) is 4. The second kappa shape index (κ2) is 13.6. The molecule has 9 nitrogen and oxygen atoms in total. The molecule has 2 heterocycles. The van der Waals surface area contributed by atoms with E-state index in [1.807, 2.05) is 96.1 Å². The van der Waals surface area contributed by atoms with Gasteiger partial charge in [0.1, 0.15) is 11.4 Å². The van der Waals surface area contributed by atoms with Gasteiger partial charge in [-0.25, -0.2) is 14.8 Å². The van der Waals surface area contributed by atoms with E-state index in [1.54, 1.807) is 27.8 Å². The second-order valence-electron chi connectivity index (χ2n) is 12.1. The van der Waals surface area contributed by atoms with Crippen LogP contribution in [0.2, 0.25) is 0 Å². The number of amides is 2. The molecular weight excluding hydrogens is 542 g/mol. The van der Waals surface area contributed by atoms with Crippen LogP contribution in [-0.4, -0.2) is 50.1 Å². The van der Waals surface area contributed by atoms with Crippen LogP contribution in [0, 0.1) is 12.8 Å². The van der Waals surface area contributed by atoms with Crippen LogP contribution in [0.4, 0.5) is 4.79 Å². The van der Waals surface area contributed by atoms with Gasteiger partial charge in [0.15, 0.2) is 5.65 Å². The molecule has 0 radical (unpaired) electrons. The van der Waals surface area contributed by atoms with Gasteiger partial charge >= 0.3 is 6.09 Å². The lowest BCUT2D eigenvalue weighted by Gasteiger charge is -2.35. The molecule has 0 spiro atoms. The predicted molar refractivity (Wildman–Crippen MR) is 168 cm³/mol. The van der Waals surface area contributed by atoms with E-state index < -0.39 is 17.7 Å². The van der Waals surface area contributed by atoms with Crippen molar-refractivity contribution >= 4 is 23.0 Å². The largest absolute Gasteiger partial charge is 0.444 e. The quantitative estimate of drug-likeness (QED) is 0.233. The average molecular weight is 584 g/mol. The highest BCUT2D eigenvalue weighted by molar-refractivity contribution is 5.94. The summed E-state index contributed by atoms with van der Waals surface area (Å²) in [5.74, 6) is 0.177. The molecule has 2 aromatic carbocycles. The first-order valence-electron chi connectivity index (χ1n) is 14.7. The minimum Gasteiger partial charge on any atom is -0.444 e. The summed E-state index contributed by atoms with van der Waals surface area (Å²) in [7, 11) is 0. The van der Waals surface area contributed by atoms with Gasteiger partial charge in [-0.05, 0) is 69.9 Å². The van der Waals surface area contributed by atoms with Crippen molar-refractivity contribution in [3.63, 3.8) is 0 Å². The van der Waals surface area contributed by atoms with Gasteiger partial charge in [-0.3, -0.25) is 14.2 Å². The zero-order valence-electron chi connectivity index (χ0n) is 25.8. The Balaban J connectivity index is 1.77. The summed E-state index contributed by atoms with van der Waals surface area (Å²) in [4.78, 5) is 51.5. The van der Waals surface area contributed by atoms with Gasteiger partial charge in [0.2, 0.25) is 0 Å². The van der Waals surface area contributed by atoms with E-state index in [-0.39, 0.29) is 17.4 Å². The number of carbonyl (C=O) groups is 2. The van der Waals surface area contributed by atoms with E-state index in [9.17, 15) is 14.4 Å². The maximum absolute atomic E-state index is 14.2. The van der Waals surface area contributed by atoms with Crippen LogP contribution in [0.15, 0.2) is 77.7 Å². The Morgan fingerprint density at radius 1 is 1.00 bits per heavy atom. The number of nitrogens with one attached hydrogen (secondary N) is 1. The number of ether oxygens (including phenoxy) is 1. The highest BCUT2D eigenvalue weighted by atomic mass is 16.6. The zero-order valence-corrected chi connectivity index (χ0v) is 25.8. The van der Waals surface area contributed by atoms with E-state index in [4.69, 9.17) is 9.72 Å². The van der Waals surface area contributed by atoms with Crippen molar-refractivity contribution in [2.45, 2.75) is 66.2 Å². The van der Waals surface area contributed by atoms with Crippen LogP contribution < -0.4 is 10.9 Å². The monoisotopic (exact) mass is 583 g/mol. The number of aryl methyl sites for hydroxylation is 1. The fourth-order valence-electron chi connectivity index (χ4n) is 5.00. The van der Waals surface area contributed by atoms with Gasteiger partial charge in [-0.1, -0.05) is 61.9 Å². The number of hydrogen-bond acceptors (Lipinski definition) is 6. The Kier molecular flexibility index (Phi) is 9.95. The summed E-state index contributed by atoms with van der Waals surface area (Å²) < 4.78 is 7.03. The lowest BCUT2D eigenvalue weighted by molar-refractivity contribution is 0.0519. The molecular formula is C34H41N5O4. The number of carbonyl (C=O) groups excluding carboxylic acids is 2. The third kappa shape index (κ3) is 8.06. The van der Waals surface area contributed by atoms with Crippen LogP contribution in [0.3, 0.4) is 0 Å².